The summed E-state index contributed by atoms with van der Waals surface area (Å²) < 4.78 is 0. The Morgan fingerprint density at radius 2 is 2.29 bits per heavy atom. The SMILES string of the molecule is CC(O)CN(CC(=O)N1CCCC1c1cccs1)C(C)C. The molecule has 1 fully saturated rings. The molecule has 0 radical (unpaired) electrons. The Hall–Kier alpha value is -0.910. The second kappa shape index (κ2) is 7.38. The summed E-state index contributed by atoms with van der Waals surface area (Å²) >= 11 is 1.73. The molecule has 118 valence electrons. The summed E-state index contributed by atoms with van der Waals surface area (Å²) in [4.78, 5) is 18.0. The Morgan fingerprint density at radius 3 is 2.86 bits per heavy atom. The van der Waals surface area contributed by atoms with Gasteiger partial charge in [-0.3, -0.25) is 9.69 Å². The van der Waals surface area contributed by atoms with Crippen molar-refractivity contribution < 1.29 is 9.90 Å². The van der Waals surface area contributed by atoms with Crippen molar-refractivity contribution in [3.63, 3.8) is 0 Å². The number of amides is 1. The normalized spacial score (nSPS) is 20.5. The highest BCUT2D eigenvalue weighted by molar-refractivity contribution is 7.10. The molecular formula is C16H26N2O2S. The van der Waals surface area contributed by atoms with Gasteiger partial charge < -0.3 is 10.0 Å². The van der Waals surface area contributed by atoms with Gasteiger partial charge in [-0.05, 0) is 45.1 Å². The predicted molar refractivity (Wildman–Crippen MR) is 86.4 cm³/mol. The zero-order chi connectivity index (χ0) is 15.4. The lowest BCUT2D eigenvalue weighted by Crippen LogP contribution is -2.45. The first-order chi connectivity index (χ1) is 9.99. The number of hydrogen-bond donors (Lipinski definition) is 1. The Bertz CT molecular complexity index is 445. The van der Waals surface area contributed by atoms with Gasteiger partial charge in [0, 0.05) is 24.0 Å². The van der Waals surface area contributed by atoms with E-state index in [0.29, 0.717) is 13.1 Å². The van der Waals surface area contributed by atoms with Crippen LogP contribution >= 0.6 is 11.3 Å². The molecule has 0 bridgehead atoms. The number of rotatable bonds is 6. The number of nitrogens with zero attached hydrogens (tertiary/aromatic N) is 2. The number of likely N-dealkylation sites (tertiary alicyclic amines) is 1. The van der Waals surface area contributed by atoms with Crippen molar-refractivity contribution in [2.45, 2.75) is 51.8 Å². The number of thiophene rings is 1. The van der Waals surface area contributed by atoms with E-state index in [2.05, 4.69) is 36.3 Å². The van der Waals surface area contributed by atoms with Crippen molar-refractivity contribution in [1.82, 2.24) is 9.80 Å². The third-order valence-electron chi connectivity index (χ3n) is 4.01. The molecule has 4 nitrogen and oxygen atoms in total. The minimum absolute atomic E-state index is 0.181. The van der Waals surface area contributed by atoms with Crippen LogP contribution in [0.1, 0.15) is 44.5 Å². The molecule has 0 spiro atoms. The average Bonchev–Trinajstić information content (AvgIpc) is 3.07. The van der Waals surface area contributed by atoms with Crippen LogP contribution in [-0.4, -0.2) is 52.6 Å². The van der Waals surface area contributed by atoms with E-state index in [1.807, 2.05) is 4.90 Å². The van der Waals surface area contributed by atoms with Crippen molar-refractivity contribution in [3.8, 4) is 0 Å². The van der Waals surface area contributed by atoms with Gasteiger partial charge in [0.2, 0.25) is 5.91 Å². The summed E-state index contributed by atoms with van der Waals surface area (Å²) in [5.74, 6) is 0.181. The quantitative estimate of drug-likeness (QED) is 0.878. The second-order valence-corrected chi connectivity index (χ2v) is 7.11. The number of aliphatic hydroxyl groups excluding tert-OH is 1. The third kappa shape index (κ3) is 4.28. The van der Waals surface area contributed by atoms with Gasteiger partial charge in [-0.25, -0.2) is 0 Å². The van der Waals surface area contributed by atoms with Gasteiger partial charge in [0.1, 0.15) is 0 Å². The highest BCUT2D eigenvalue weighted by Crippen LogP contribution is 2.34. The monoisotopic (exact) mass is 310 g/mol. The standard InChI is InChI=1S/C16H26N2O2S/c1-12(2)17(10-13(3)19)11-16(20)18-8-4-6-14(18)15-7-5-9-21-15/h5,7,9,12-14,19H,4,6,8,10-11H2,1-3H3. The minimum atomic E-state index is -0.410. The Balaban J connectivity index is 2.01. The smallest absolute Gasteiger partial charge is 0.237 e. The van der Waals surface area contributed by atoms with E-state index in [9.17, 15) is 9.90 Å². The molecule has 2 unspecified atom stereocenters. The van der Waals surface area contributed by atoms with Crippen LogP contribution in [0.2, 0.25) is 0 Å². The molecule has 2 heterocycles. The summed E-state index contributed by atoms with van der Waals surface area (Å²) in [5, 5.41) is 11.7. The molecule has 1 aromatic rings. The van der Waals surface area contributed by atoms with Crippen LogP contribution in [0.15, 0.2) is 17.5 Å². The molecule has 1 aromatic heterocycles. The first kappa shape index (κ1) is 16.5. The summed E-state index contributed by atoms with van der Waals surface area (Å²) in [7, 11) is 0. The Labute approximate surface area is 131 Å². The van der Waals surface area contributed by atoms with Gasteiger partial charge in [-0.15, -0.1) is 11.3 Å². The van der Waals surface area contributed by atoms with Gasteiger partial charge >= 0.3 is 0 Å². The highest BCUT2D eigenvalue weighted by atomic mass is 32.1. The van der Waals surface area contributed by atoms with Crippen molar-refractivity contribution in [1.29, 1.82) is 0 Å². The van der Waals surface area contributed by atoms with Crippen LogP contribution < -0.4 is 0 Å². The minimum Gasteiger partial charge on any atom is -0.392 e. The lowest BCUT2D eigenvalue weighted by molar-refractivity contribution is -0.134. The molecule has 1 amide bonds. The highest BCUT2D eigenvalue weighted by Gasteiger charge is 2.31. The van der Waals surface area contributed by atoms with E-state index in [0.717, 1.165) is 19.4 Å². The van der Waals surface area contributed by atoms with Gasteiger partial charge in [-0.2, -0.15) is 0 Å². The molecule has 2 rings (SSSR count). The van der Waals surface area contributed by atoms with Gasteiger partial charge in [0.15, 0.2) is 0 Å². The summed E-state index contributed by atoms with van der Waals surface area (Å²) in [6, 6.07) is 4.68. The van der Waals surface area contributed by atoms with E-state index in [1.165, 1.54) is 4.88 Å². The first-order valence-electron chi connectivity index (χ1n) is 7.74. The zero-order valence-electron chi connectivity index (χ0n) is 13.2. The van der Waals surface area contributed by atoms with Crippen molar-refractivity contribution in [2.75, 3.05) is 19.6 Å². The molecule has 2 atom stereocenters. The molecule has 0 aliphatic carbocycles. The maximum Gasteiger partial charge on any atom is 0.237 e. The molecule has 0 saturated carbocycles. The molecule has 5 heteroatoms. The Morgan fingerprint density at radius 1 is 1.52 bits per heavy atom. The molecule has 1 aliphatic heterocycles. The lowest BCUT2D eigenvalue weighted by Gasteiger charge is -2.31. The maximum absolute atomic E-state index is 12.7. The first-order valence-corrected chi connectivity index (χ1v) is 8.62. The zero-order valence-corrected chi connectivity index (χ0v) is 14.0. The van der Waals surface area contributed by atoms with Crippen molar-refractivity contribution >= 4 is 17.2 Å². The fourth-order valence-corrected chi connectivity index (χ4v) is 3.78. The summed E-state index contributed by atoms with van der Waals surface area (Å²) in [5.41, 5.74) is 0. The van der Waals surface area contributed by atoms with Crippen LogP contribution in [0.25, 0.3) is 0 Å². The fraction of sp³-hybridized carbons (Fsp3) is 0.688. The van der Waals surface area contributed by atoms with Crippen LogP contribution in [0.5, 0.6) is 0 Å². The molecule has 1 aliphatic rings. The summed E-state index contributed by atoms with van der Waals surface area (Å²) in [6.07, 6.45) is 1.73. The van der Waals surface area contributed by atoms with Gasteiger partial charge in [-0.1, -0.05) is 6.07 Å². The molecule has 0 aromatic carbocycles. The van der Waals surface area contributed by atoms with E-state index in [4.69, 9.17) is 0 Å². The van der Waals surface area contributed by atoms with E-state index in [1.54, 1.807) is 18.3 Å². The molecule has 1 N–H and O–H groups in total. The van der Waals surface area contributed by atoms with E-state index >= 15 is 0 Å². The van der Waals surface area contributed by atoms with Crippen molar-refractivity contribution in [2.24, 2.45) is 0 Å². The molecule has 1 saturated heterocycles. The van der Waals surface area contributed by atoms with Crippen LogP contribution in [0.3, 0.4) is 0 Å². The van der Waals surface area contributed by atoms with E-state index < -0.39 is 6.10 Å². The van der Waals surface area contributed by atoms with Crippen LogP contribution in [0, 0.1) is 0 Å². The molecule has 21 heavy (non-hydrogen) atoms. The van der Waals surface area contributed by atoms with Crippen molar-refractivity contribution in [3.05, 3.63) is 22.4 Å². The largest absolute Gasteiger partial charge is 0.392 e. The Kier molecular flexibility index (Phi) is 5.79. The number of hydrogen-bond acceptors (Lipinski definition) is 4. The number of carbonyl (C=O) groups excluding carboxylic acids is 1. The average molecular weight is 310 g/mol. The van der Waals surface area contributed by atoms with Gasteiger partial charge in [0.05, 0.1) is 18.7 Å². The third-order valence-corrected chi connectivity index (χ3v) is 4.99. The van der Waals surface area contributed by atoms with Crippen LogP contribution in [-0.2, 0) is 4.79 Å². The lowest BCUT2D eigenvalue weighted by atomic mass is 10.2. The number of carbonyl (C=O) groups is 1. The number of aliphatic hydroxyl groups is 1. The predicted octanol–water partition coefficient (Wildman–Crippen LogP) is 2.50. The second-order valence-electron chi connectivity index (χ2n) is 6.13. The van der Waals surface area contributed by atoms with Gasteiger partial charge in [0.25, 0.3) is 0 Å². The van der Waals surface area contributed by atoms with E-state index in [-0.39, 0.29) is 18.0 Å². The maximum atomic E-state index is 12.7. The molecular weight excluding hydrogens is 284 g/mol. The van der Waals surface area contributed by atoms with Crippen LogP contribution in [0.4, 0.5) is 0 Å². The fourth-order valence-electron chi connectivity index (χ4n) is 2.90. The topological polar surface area (TPSA) is 43.8 Å². The summed E-state index contributed by atoms with van der Waals surface area (Å²) in [6.45, 7) is 7.68.